The average Bonchev–Trinajstić information content (AvgIpc) is 3.54. The minimum Gasteiger partial charge on any atom is -0.396 e. The van der Waals surface area contributed by atoms with Gasteiger partial charge in [0.1, 0.15) is 6.04 Å². The topological polar surface area (TPSA) is 81.2 Å². The molecule has 0 saturated carbocycles. The molecule has 1 spiro atoms. The van der Waals surface area contributed by atoms with Gasteiger partial charge in [0.05, 0.1) is 16.6 Å². The third-order valence-corrected chi connectivity index (χ3v) is 11.1. The fourth-order valence-electron chi connectivity index (χ4n) is 7.42. The zero-order valence-corrected chi connectivity index (χ0v) is 24.9. The van der Waals surface area contributed by atoms with Crippen LogP contribution in [0.25, 0.3) is 10.8 Å². The second-order valence-corrected chi connectivity index (χ2v) is 13.6. The highest BCUT2D eigenvalue weighted by Gasteiger charge is 2.77. The van der Waals surface area contributed by atoms with Crippen LogP contribution in [0.5, 0.6) is 0 Å². The van der Waals surface area contributed by atoms with Crippen LogP contribution in [0.2, 0.25) is 0 Å². The quantitative estimate of drug-likeness (QED) is 0.373. The lowest BCUT2D eigenvalue weighted by molar-refractivity contribution is -0.145. The van der Waals surface area contributed by atoms with Gasteiger partial charge in [-0.15, -0.1) is 24.9 Å². The minimum absolute atomic E-state index is 0.0191. The van der Waals surface area contributed by atoms with Gasteiger partial charge in [0.15, 0.2) is 0 Å². The third-order valence-electron chi connectivity index (χ3n) is 9.11. The van der Waals surface area contributed by atoms with Crippen molar-refractivity contribution in [2.24, 2.45) is 11.8 Å². The van der Waals surface area contributed by atoms with E-state index in [1.165, 1.54) is 0 Å². The Hall–Kier alpha value is -3.10. The lowest BCUT2D eigenvalue weighted by Gasteiger charge is -2.38. The van der Waals surface area contributed by atoms with Crippen LogP contribution in [0.15, 0.2) is 67.8 Å². The highest BCUT2D eigenvalue weighted by atomic mass is 32.2. The molecule has 3 fully saturated rings. The zero-order valence-electron chi connectivity index (χ0n) is 24.1. The number of fused-ring (bicyclic) bond motifs is 2. The van der Waals surface area contributed by atoms with E-state index in [0.717, 1.165) is 29.3 Å². The Morgan fingerprint density at radius 2 is 1.83 bits per heavy atom. The van der Waals surface area contributed by atoms with Gasteiger partial charge in [-0.3, -0.25) is 14.4 Å². The van der Waals surface area contributed by atoms with E-state index in [2.05, 4.69) is 20.1 Å². The summed E-state index contributed by atoms with van der Waals surface area (Å²) in [4.78, 5) is 48.4. The number of rotatable bonds is 12. The first-order chi connectivity index (χ1) is 19.8. The Kier molecular flexibility index (Phi) is 8.35. The van der Waals surface area contributed by atoms with Crippen LogP contribution in [0.3, 0.4) is 0 Å². The van der Waals surface area contributed by atoms with Gasteiger partial charge < -0.3 is 19.8 Å². The van der Waals surface area contributed by atoms with E-state index in [9.17, 15) is 19.5 Å². The van der Waals surface area contributed by atoms with E-state index >= 15 is 0 Å². The van der Waals surface area contributed by atoms with E-state index < -0.39 is 27.4 Å². The summed E-state index contributed by atoms with van der Waals surface area (Å²) in [7, 11) is 0. The lowest BCUT2D eigenvalue weighted by Crippen LogP contribution is -2.55. The molecule has 7 nitrogen and oxygen atoms in total. The highest BCUT2D eigenvalue weighted by Crippen LogP contribution is 2.71. The summed E-state index contributed by atoms with van der Waals surface area (Å²) in [6, 6.07) is 13.2. The Balaban J connectivity index is 1.58. The molecular weight excluding hydrogens is 534 g/mol. The highest BCUT2D eigenvalue weighted by molar-refractivity contribution is 8.02. The van der Waals surface area contributed by atoms with Gasteiger partial charge in [0, 0.05) is 43.2 Å². The SMILES string of the molecule is C=CCN(CCC)C(=O)[C@H]1[C@H]2C(=O)N(CCCO)C(C(=O)N(CC=C)c3ccc4ccccc4c3)C23CC[C@]1(C)S3. The van der Waals surface area contributed by atoms with Crippen molar-refractivity contribution in [3.8, 4) is 0 Å². The average molecular weight is 576 g/mol. The molecule has 218 valence electrons. The van der Waals surface area contributed by atoms with Gasteiger partial charge in [0.25, 0.3) is 5.91 Å². The standard InChI is InChI=1S/C33H41N3O4S/c1-5-17-34(18-6-2)29(38)26-27-30(39)36(20-10-21-37)28(33(27)16-15-32(26,4)41-33)31(40)35(19-7-3)25-14-13-23-11-8-9-12-24(23)22-25/h5,7-9,11-14,22,26-28,37H,1,3,6,10,15-21H2,2,4H3/t26-,27+,28?,32+,33?/m1/s1. The van der Waals surface area contributed by atoms with Gasteiger partial charge >= 0.3 is 0 Å². The van der Waals surface area contributed by atoms with Crippen molar-refractivity contribution in [3.05, 3.63) is 67.8 Å². The van der Waals surface area contributed by atoms with Gasteiger partial charge in [0.2, 0.25) is 11.8 Å². The molecule has 0 aliphatic carbocycles. The molecule has 3 heterocycles. The van der Waals surface area contributed by atoms with Crippen LogP contribution >= 0.6 is 11.8 Å². The van der Waals surface area contributed by atoms with Crippen molar-refractivity contribution in [2.45, 2.75) is 55.1 Å². The Labute approximate surface area is 247 Å². The van der Waals surface area contributed by atoms with Crippen molar-refractivity contribution >= 4 is 45.9 Å². The number of amides is 3. The number of benzene rings is 2. The number of thioether (sulfide) groups is 1. The third kappa shape index (κ3) is 4.79. The van der Waals surface area contributed by atoms with Crippen LogP contribution in [0.1, 0.15) is 39.5 Å². The number of carbonyl (C=O) groups excluding carboxylic acids is 3. The van der Waals surface area contributed by atoms with Crippen LogP contribution in [0.4, 0.5) is 5.69 Å². The summed E-state index contributed by atoms with van der Waals surface area (Å²) < 4.78 is -1.14. The number of carbonyl (C=O) groups is 3. The fourth-order valence-corrected chi connectivity index (χ4v) is 9.76. The molecule has 2 bridgehead atoms. The first-order valence-electron chi connectivity index (χ1n) is 14.7. The van der Waals surface area contributed by atoms with E-state index in [1.807, 2.05) is 54.3 Å². The summed E-state index contributed by atoms with van der Waals surface area (Å²) in [6.45, 7) is 13.4. The van der Waals surface area contributed by atoms with E-state index in [-0.39, 0.29) is 30.9 Å². The maximum absolute atomic E-state index is 14.7. The second kappa shape index (κ2) is 11.6. The Morgan fingerprint density at radius 1 is 1.10 bits per heavy atom. The van der Waals surface area contributed by atoms with Gasteiger partial charge in [-0.1, -0.05) is 49.4 Å². The predicted octanol–water partition coefficient (Wildman–Crippen LogP) is 4.65. The summed E-state index contributed by atoms with van der Waals surface area (Å²) in [5, 5.41) is 11.8. The molecule has 0 radical (unpaired) electrons. The first kappa shape index (κ1) is 29.4. The minimum atomic E-state index is -0.735. The van der Waals surface area contributed by atoms with Gasteiger partial charge in [-0.2, -0.15) is 0 Å². The van der Waals surface area contributed by atoms with Crippen LogP contribution in [0, 0.1) is 11.8 Å². The normalized spacial score (nSPS) is 28.1. The molecule has 3 amide bonds. The summed E-state index contributed by atoms with van der Waals surface area (Å²) >= 11 is 1.68. The first-order valence-corrected chi connectivity index (χ1v) is 15.5. The molecule has 41 heavy (non-hydrogen) atoms. The molecule has 0 aromatic heterocycles. The van der Waals surface area contributed by atoms with Gasteiger partial charge in [-0.25, -0.2) is 0 Å². The maximum Gasteiger partial charge on any atom is 0.251 e. The molecule has 3 aliphatic rings. The Morgan fingerprint density at radius 3 is 2.51 bits per heavy atom. The monoisotopic (exact) mass is 575 g/mol. The number of hydrogen-bond donors (Lipinski definition) is 1. The number of anilines is 1. The fraction of sp³-hybridized carbons (Fsp3) is 0.485. The second-order valence-electron chi connectivity index (χ2n) is 11.7. The van der Waals surface area contributed by atoms with Crippen molar-refractivity contribution in [2.75, 3.05) is 37.7 Å². The van der Waals surface area contributed by atoms with Crippen molar-refractivity contribution < 1.29 is 19.5 Å². The molecular formula is C33H41N3O4S. The van der Waals surface area contributed by atoms with Crippen molar-refractivity contribution in [3.63, 3.8) is 0 Å². The van der Waals surface area contributed by atoms with Gasteiger partial charge in [-0.05, 0) is 55.5 Å². The van der Waals surface area contributed by atoms with Crippen LogP contribution in [-0.4, -0.2) is 80.9 Å². The lowest BCUT2D eigenvalue weighted by atomic mass is 9.66. The summed E-state index contributed by atoms with van der Waals surface area (Å²) in [5.41, 5.74) is 0.750. The molecule has 3 aliphatic heterocycles. The molecule has 5 atom stereocenters. The number of hydrogen-bond acceptors (Lipinski definition) is 5. The number of aliphatic hydroxyl groups is 1. The molecule has 3 saturated heterocycles. The summed E-state index contributed by atoms with van der Waals surface area (Å²) in [5.74, 6) is -1.41. The van der Waals surface area contributed by atoms with E-state index in [4.69, 9.17) is 0 Å². The molecule has 2 aromatic rings. The molecule has 8 heteroatoms. The smallest absolute Gasteiger partial charge is 0.251 e. The number of nitrogens with zero attached hydrogens (tertiary/aromatic N) is 3. The molecule has 2 aromatic carbocycles. The van der Waals surface area contributed by atoms with E-state index in [1.54, 1.807) is 33.7 Å². The van der Waals surface area contributed by atoms with E-state index in [0.29, 0.717) is 32.5 Å². The zero-order chi connectivity index (χ0) is 29.4. The number of likely N-dealkylation sites (tertiary alicyclic amines) is 1. The largest absolute Gasteiger partial charge is 0.396 e. The number of aliphatic hydroxyl groups excluding tert-OH is 1. The van der Waals surface area contributed by atoms with Crippen molar-refractivity contribution in [1.29, 1.82) is 0 Å². The van der Waals surface area contributed by atoms with Crippen molar-refractivity contribution in [1.82, 2.24) is 9.80 Å². The predicted molar refractivity (Wildman–Crippen MR) is 166 cm³/mol. The molecule has 1 N–H and O–H groups in total. The molecule has 2 unspecified atom stereocenters. The van der Waals surface area contributed by atoms with Crippen LogP contribution < -0.4 is 4.90 Å². The van der Waals surface area contributed by atoms with Crippen LogP contribution in [-0.2, 0) is 14.4 Å². The molecule has 5 rings (SSSR count). The summed E-state index contributed by atoms with van der Waals surface area (Å²) in [6.07, 6.45) is 6.08. The Bertz CT molecular complexity index is 1360. The maximum atomic E-state index is 14.7.